The highest BCUT2D eigenvalue weighted by Gasteiger charge is 2.41. The zero-order valence-corrected chi connectivity index (χ0v) is 25.8. The average Bonchev–Trinajstić information content (AvgIpc) is 3.46. The van der Waals surface area contributed by atoms with Gasteiger partial charge in [0.05, 0.1) is 26.0 Å². The summed E-state index contributed by atoms with van der Waals surface area (Å²) in [5.74, 6) is 1.29. The quantitative estimate of drug-likeness (QED) is 0.202. The molecule has 8 nitrogen and oxygen atoms in total. The monoisotopic (exact) mass is 610 g/mol. The molecule has 0 saturated carbocycles. The Labute approximate surface area is 263 Å². The number of anilines is 3. The first-order valence-electron chi connectivity index (χ1n) is 14.6. The molecule has 1 saturated heterocycles. The smallest absolute Gasteiger partial charge is 0.198 e. The first-order valence-corrected chi connectivity index (χ1v) is 15.0. The van der Waals surface area contributed by atoms with Crippen LogP contribution in [0.2, 0.25) is 5.02 Å². The van der Waals surface area contributed by atoms with Gasteiger partial charge in [0, 0.05) is 47.5 Å². The molecule has 0 unspecified atom stereocenters. The summed E-state index contributed by atoms with van der Waals surface area (Å²) in [4.78, 5) is 17.5. The third-order valence-corrected chi connectivity index (χ3v) is 8.23. The molecule has 9 heteroatoms. The minimum absolute atomic E-state index is 0.150. The van der Waals surface area contributed by atoms with Gasteiger partial charge in [-0.2, -0.15) is 0 Å². The molecule has 0 spiro atoms. The number of rotatable bonds is 9. The van der Waals surface area contributed by atoms with Crippen molar-refractivity contribution in [3.63, 3.8) is 0 Å². The molecule has 0 bridgehead atoms. The third kappa shape index (κ3) is 5.96. The Morgan fingerprint density at radius 1 is 0.909 bits per heavy atom. The van der Waals surface area contributed by atoms with E-state index >= 15 is 0 Å². The van der Waals surface area contributed by atoms with Crippen molar-refractivity contribution in [3.05, 3.63) is 113 Å². The summed E-state index contributed by atoms with van der Waals surface area (Å²) in [6.45, 7) is 6.90. The predicted molar refractivity (Wildman–Crippen MR) is 175 cm³/mol. The number of Topliss-reactive ketones (excluding diaryl/α,β-unsaturated/α-hetero) is 1. The second-order valence-corrected chi connectivity index (χ2v) is 11.2. The molecule has 44 heavy (non-hydrogen) atoms. The SMILES string of the molecule is COc1cccc([C@H]2N(c3ccc(C)cc3)N=C(C(C)=O)N2c2ccc(N3CCOCC3)cc2)c1OCc1ccccc1Cl. The Morgan fingerprint density at radius 2 is 1.59 bits per heavy atom. The molecule has 2 aliphatic heterocycles. The lowest BCUT2D eigenvalue weighted by Crippen LogP contribution is -2.38. The highest BCUT2D eigenvalue weighted by Crippen LogP contribution is 2.45. The number of amidine groups is 1. The van der Waals surface area contributed by atoms with Gasteiger partial charge in [-0.15, -0.1) is 5.10 Å². The van der Waals surface area contributed by atoms with E-state index in [9.17, 15) is 4.79 Å². The van der Waals surface area contributed by atoms with Crippen molar-refractivity contribution in [1.82, 2.24) is 0 Å². The molecule has 4 aromatic carbocycles. The lowest BCUT2D eigenvalue weighted by atomic mass is 10.1. The van der Waals surface area contributed by atoms with Crippen LogP contribution in [0.25, 0.3) is 0 Å². The Morgan fingerprint density at radius 3 is 2.27 bits per heavy atom. The van der Waals surface area contributed by atoms with E-state index in [0.29, 0.717) is 35.6 Å². The van der Waals surface area contributed by atoms with Crippen LogP contribution in [0.5, 0.6) is 11.5 Å². The molecule has 2 heterocycles. The van der Waals surface area contributed by atoms with Crippen molar-refractivity contribution in [1.29, 1.82) is 0 Å². The van der Waals surface area contributed by atoms with Crippen LogP contribution in [0.1, 0.15) is 29.8 Å². The number of nitrogens with zero attached hydrogens (tertiary/aromatic N) is 4. The molecule has 0 N–H and O–H groups in total. The number of methoxy groups -OCH3 is 1. The minimum atomic E-state index is -0.554. The Balaban J connectivity index is 1.46. The van der Waals surface area contributed by atoms with Crippen LogP contribution in [-0.4, -0.2) is 45.0 Å². The Bertz CT molecular complexity index is 1650. The molecule has 4 aromatic rings. The summed E-state index contributed by atoms with van der Waals surface area (Å²) >= 11 is 6.48. The van der Waals surface area contributed by atoms with Crippen molar-refractivity contribution >= 4 is 40.3 Å². The molecule has 0 aliphatic carbocycles. The summed E-state index contributed by atoms with van der Waals surface area (Å²) in [5, 5.41) is 7.43. The fraction of sp³-hybridized carbons (Fsp3) is 0.257. The highest BCUT2D eigenvalue weighted by molar-refractivity contribution is 6.44. The molecule has 0 amide bonds. The number of hydrazone groups is 1. The first kappa shape index (κ1) is 29.5. The average molecular weight is 611 g/mol. The van der Waals surface area contributed by atoms with E-state index in [1.165, 1.54) is 0 Å². The summed E-state index contributed by atoms with van der Waals surface area (Å²) in [6, 6.07) is 29.7. The molecule has 226 valence electrons. The maximum Gasteiger partial charge on any atom is 0.198 e. The number of halogens is 1. The number of para-hydroxylation sites is 1. The van der Waals surface area contributed by atoms with E-state index in [0.717, 1.165) is 46.8 Å². The number of ketones is 1. The molecular weight excluding hydrogens is 576 g/mol. The summed E-state index contributed by atoms with van der Waals surface area (Å²) in [6.07, 6.45) is -0.554. The van der Waals surface area contributed by atoms with Crippen molar-refractivity contribution in [3.8, 4) is 11.5 Å². The lowest BCUT2D eigenvalue weighted by molar-refractivity contribution is -0.111. The van der Waals surface area contributed by atoms with Crippen LogP contribution in [-0.2, 0) is 16.1 Å². The number of aryl methyl sites for hydroxylation is 1. The number of ether oxygens (including phenoxy) is 3. The lowest BCUT2D eigenvalue weighted by Gasteiger charge is -2.34. The number of morpholine rings is 1. The van der Waals surface area contributed by atoms with Gasteiger partial charge in [-0.25, -0.2) is 5.01 Å². The van der Waals surface area contributed by atoms with Crippen molar-refractivity contribution in [2.45, 2.75) is 26.6 Å². The van der Waals surface area contributed by atoms with Gasteiger partial charge in [0.2, 0.25) is 0 Å². The van der Waals surface area contributed by atoms with E-state index in [4.69, 9.17) is 30.9 Å². The Hall–Kier alpha value is -4.53. The molecule has 2 aliphatic rings. The van der Waals surface area contributed by atoms with E-state index in [2.05, 4.69) is 17.0 Å². The van der Waals surface area contributed by atoms with Gasteiger partial charge in [0.25, 0.3) is 0 Å². The predicted octanol–water partition coefficient (Wildman–Crippen LogP) is 7.00. The fourth-order valence-electron chi connectivity index (χ4n) is 5.56. The van der Waals surface area contributed by atoms with Crippen LogP contribution >= 0.6 is 11.6 Å². The van der Waals surface area contributed by atoms with Gasteiger partial charge in [0.15, 0.2) is 29.3 Å². The molecule has 6 rings (SSSR count). The van der Waals surface area contributed by atoms with E-state index < -0.39 is 6.17 Å². The molecular formula is C35H35ClN4O4. The van der Waals surface area contributed by atoms with Gasteiger partial charge in [-0.05, 0) is 55.5 Å². The van der Waals surface area contributed by atoms with E-state index in [-0.39, 0.29) is 12.4 Å². The maximum atomic E-state index is 13.2. The zero-order chi connectivity index (χ0) is 30.6. The third-order valence-electron chi connectivity index (χ3n) is 7.86. The first-order chi connectivity index (χ1) is 21.4. The van der Waals surface area contributed by atoms with Crippen molar-refractivity contribution in [2.24, 2.45) is 5.10 Å². The van der Waals surface area contributed by atoms with Gasteiger partial charge in [-0.1, -0.05) is 59.6 Å². The number of carbonyl (C=O) groups excluding carboxylic acids is 1. The van der Waals surface area contributed by atoms with Gasteiger partial charge in [-0.3, -0.25) is 9.69 Å². The van der Waals surface area contributed by atoms with Crippen LogP contribution in [0.15, 0.2) is 96.1 Å². The Kier molecular flexibility index (Phi) is 8.72. The second-order valence-electron chi connectivity index (χ2n) is 10.8. The normalized spacial score (nSPS) is 16.6. The topological polar surface area (TPSA) is 66.8 Å². The van der Waals surface area contributed by atoms with Crippen LogP contribution in [0, 0.1) is 6.92 Å². The molecule has 1 fully saturated rings. The number of carbonyl (C=O) groups is 1. The number of benzene rings is 4. The summed E-state index contributed by atoms with van der Waals surface area (Å²) < 4.78 is 17.8. The van der Waals surface area contributed by atoms with E-state index in [1.807, 2.05) is 95.7 Å². The summed E-state index contributed by atoms with van der Waals surface area (Å²) in [5.41, 5.74) is 5.54. The number of hydrogen-bond donors (Lipinski definition) is 0. The van der Waals surface area contributed by atoms with E-state index in [1.54, 1.807) is 14.0 Å². The maximum absolute atomic E-state index is 13.2. The fourth-order valence-corrected chi connectivity index (χ4v) is 5.75. The van der Waals surface area contributed by atoms with Crippen LogP contribution in [0.4, 0.5) is 17.1 Å². The zero-order valence-electron chi connectivity index (χ0n) is 25.1. The van der Waals surface area contributed by atoms with Crippen molar-refractivity contribution in [2.75, 3.05) is 48.2 Å². The van der Waals surface area contributed by atoms with Gasteiger partial charge in [0.1, 0.15) is 6.61 Å². The molecule has 0 radical (unpaired) electrons. The minimum Gasteiger partial charge on any atom is -0.493 e. The van der Waals surface area contributed by atoms with Gasteiger partial charge >= 0.3 is 0 Å². The highest BCUT2D eigenvalue weighted by atomic mass is 35.5. The molecule has 1 atom stereocenters. The van der Waals surface area contributed by atoms with Crippen LogP contribution in [0.3, 0.4) is 0 Å². The van der Waals surface area contributed by atoms with Crippen LogP contribution < -0.4 is 24.3 Å². The largest absolute Gasteiger partial charge is 0.493 e. The summed E-state index contributed by atoms with van der Waals surface area (Å²) in [7, 11) is 1.62. The van der Waals surface area contributed by atoms with Gasteiger partial charge < -0.3 is 19.1 Å². The standard InChI is InChI=1S/C35H35ClN4O4/c1-24-11-13-29(14-12-24)40-35(30-8-6-10-32(42-3)33(30)44-23-26-7-4-5-9-31(26)36)39(34(37-40)25(2)41)28-17-15-27(16-18-28)38-19-21-43-22-20-38/h4-18,35H,19-23H2,1-3H3/t35-/m1/s1. The number of hydrogen-bond acceptors (Lipinski definition) is 8. The second kappa shape index (κ2) is 13.0. The molecule has 0 aromatic heterocycles. The van der Waals surface area contributed by atoms with Crippen molar-refractivity contribution < 1.29 is 19.0 Å².